The van der Waals surface area contributed by atoms with E-state index in [2.05, 4.69) is 10.1 Å². The Bertz CT molecular complexity index is 1280. The number of phenolic OH excluding ortho intramolecular Hbond substituents is 1. The number of benzene rings is 3. The van der Waals surface area contributed by atoms with Crippen LogP contribution in [0.4, 0.5) is 5.69 Å². The summed E-state index contributed by atoms with van der Waals surface area (Å²) in [5.41, 5.74) is 2.50. The summed E-state index contributed by atoms with van der Waals surface area (Å²) in [5, 5.41) is 14.7. The number of rotatable bonds is 6. The minimum absolute atomic E-state index is 0.0268. The number of aryl methyl sites for hydroxylation is 2. The highest BCUT2D eigenvalue weighted by Crippen LogP contribution is 2.40. The predicted molar refractivity (Wildman–Crippen MR) is 127 cm³/mol. The lowest BCUT2D eigenvalue weighted by atomic mass is 10.0. The van der Waals surface area contributed by atoms with Crippen LogP contribution in [-0.4, -0.2) is 37.2 Å². The first kappa shape index (κ1) is 23.9. The molecule has 0 radical (unpaired) electrons. The molecule has 0 fully saturated rings. The topological polar surface area (TPSA) is 102 Å². The minimum atomic E-state index is -0.732. The number of aromatic hydroxyl groups is 1. The number of ether oxygens (including phenoxy) is 2. The second kappa shape index (κ2) is 10.2. The minimum Gasteiger partial charge on any atom is -0.506 e. The Hall–Kier alpha value is -3.78. The van der Waals surface area contributed by atoms with Gasteiger partial charge in [-0.2, -0.15) is 0 Å². The van der Waals surface area contributed by atoms with Gasteiger partial charge in [-0.25, -0.2) is 9.59 Å². The lowest BCUT2D eigenvalue weighted by Crippen LogP contribution is -2.13. The van der Waals surface area contributed by atoms with Crippen LogP contribution in [0.25, 0.3) is 10.8 Å². The summed E-state index contributed by atoms with van der Waals surface area (Å²) in [6, 6.07) is 14.1. The Labute approximate surface area is 195 Å². The number of phenols is 1. The van der Waals surface area contributed by atoms with Crippen LogP contribution in [0.5, 0.6) is 5.75 Å². The van der Waals surface area contributed by atoms with Gasteiger partial charge in [-0.15, -0.1) is 0 Å². The van der Waals surface area contributed by atoms with Gasteiger partial charge >= 0.3 is 11.9 Å². The summed E-state index contributed by atoms with van der Waals surface area (Å²) in [6.45, 7) is 3.79. The van der Waals surface area contributed by atoms with Gasteiger partial charge in [-0.3, -0.25) is 4.79 Å². The zero-order chi connectivity index (χ0) is 24.1. The Balaban J connectivity index is 2.11. The molecule has 0 spiro atoms. The molecule has 0 saturated heterocycles. The Morgan fingerprint density at radius 2 is 1.67 bits per heavy atom. The van der Waals surface area contributed by atoms with Crippen LogP contribution in [0.3, 0.4) is 0 Å². The van der Waals surface area contributed by atoms with Gasteiger partial charge in [-0.1, -0.05) is 48.2 Å². The number of hydrogen-bond donors (Lipinski definition) is 2. The van der Waals surface area contributed by atoms with E-state index in [0.717, 1.165) is 29.0 Å². The molecule has 8 heteroatoms. The first-order chi connectivity index (χ1) is 15.7. The molecule has 33 heavy (non-hydrogen) atoms. The fourth-order valence-electron chi connectivity index (χ4n) is 3.16. The second-order valence-electron chi connectivity index (χ2n) is 7.21. The van der Waals surface area contributed by atoms with Gasteiger partial charge in [0.15, 0.2) is 0 Å². The number of fused-ring (bicyclic) bond motifs is 1. The number of thioether (sulfide) groups is 1. The van der Waals surface area contributed by atoms with Gasteiger partial charge < -0.3 is 19.9 Å². The maximum Gasteiger partial charge on any atom is 0.344 e. The predicted octanol–water partition coefficient (Wildman–Crippen LogP) is 4.74. The SMILES string of the molecule is COC(=O)/C=C(\Sc1cc(C(=O)Nc2cc(C)ccc2C)c(O)c2ccccc12)C(=O)OC. The molecule has 0 saturated carbocycles. The third-order valence-electron chi connectivity index (χ3n) is 4.92. The summed E-state index contributed by atoms with van der Waals surface area (Å²) in [7, 11) is 2.40. The summed E-state index contributed by atoms with van der Waals surface area (Å²) < 4.78 is 9.41. The normalized spacial score (nSPS) is 11.2. The molecular formula is C25H23NO6S. The van der Waals surface area contributed by atoms with E-state index in [1.807, 2.05) is 32.0 Å². The number of carbonyl (C=O) groups is 3. The fraction of sp³-hybridized carbons (Fsp3) is 0.160. The van der Waals surface area contributed by atoms with E-state index >= 15 is 0 Å². The highest BCUT2D eigenvalue weighted by molar-refractivity contribution is 8.04. The van der Waals surface area contributed by atoms with E-state index in [1.54, 1.807) is 24.3 Å². The van der Waals surface area contributed by atoms with Crippen LogP contribution in [-0.2, 0) is 19.1 Å². The molecule has 0 aromatic heterocycles. The molecule has 0 aliphatic carbocycles. The van der Waals surface area contributed by atoms with E-state index in [0.29, 0.717) is 21.4 Å². The van der Waals surface area contributed by atoms with E-state index in [4.69, 9.17) is 4.74 Å². The Morgan fingerprint density at radius 1 is 0.970 bits per heavy atom. The van der Waals surface area contributed by atoms with E-state index in [9.17, 15) is 19.5 Å². The standard InChI is InChI=1S/C25H23NO6S/c1-14-9-10-15(2)19(11-14)26-24(29)18-12-20(16-7-5-6-8-17(16)23(18)28)33-21(25(30)32-4)13-22(27)31-3/h5-13,28H,1-4H3,(H,26,29)/b21-13-. The molecule has 170 valence electrons. The Morgan fingerprint density at radius 3 is 2.33 bits per heavy atom. The highest BCUT2D eigenvalue weighted by Gasteiger charge is 2.21. The van der Waals surface area contributed by atoms with Crippen molar-refractivity contribution in [2.75, 3.05) is 19.5 Å². The van der Waals surface area contributed by atoms with Gasteiger partial charge in [0.05, 0.1) is 19.8 Å². The number of nitrogens with one attached hydrogen (secondary N) is 1. The number of methoxy groups -OCH3 is 2. The van der Waals surface area contributed by atoms with Crippen LogP contribution < -0.4 is 5.32 Å². The fourth-order valence-corrected chi connectivity index (χ4v) is 4.18. The lowest BCUT2D eigenvalue weighted by molar-refractivity contribution is -0.137. The van der Waals surface area contributed by atoms with Gasteiger partial charge in [0, 0.05) is 22.0 Å². The molecule has 0 unspecified atom stereocenters. The van der Waals surface area contributed by atoms with Crippen LogP contribution in [0.15, 0.2) is 64.4 Å². The van der Waals surface area contributed by atoms with E-state index in [1.165, 1.54) is 20.3 Å². The summed E-state index contributed by atoms with van der Waals surface area (Å²) in [6.07, 6.45) is 1.02. The molecule has 0 aliphatic heterocycles. The van der Waals surface area contributed by atoms with Crippen molar-refractivity contribution in [3.63, 3.8) is 0 Å². The van der Waals surface area contributed by atoms with E-state index < -0.39 is 17.8 Å². The average Bonchev–Trinajstić information content (AvgIpc) is 2.81. The molecule has 7 nitrogen and oxygen atoms in total. The highest BCUT2D eigenvalue weighted by atomic mass is 32.2. The van der Waals surface area contributed by atoms with Crippen molar-refractivity contribution in [1.82, 2.24) is 0 Å². The van der Waals surface area contributed by atoms with Crippen molar-refractivity contribution >= 4 is 46.1 Å². The van der Waals surface area contributed by atoms with Crippen molar-refractivity contribution in [1.29, 1.82) is 0 Å². The van der Waals surface area contributed by atoms with Crippen molar-refractivity contribution in [3.05, 3.63) is 76.2 Å². The Kier molecular flexibility index (Phi) is 7.40. The largest absolute Gasteiger partial charge is 0.506 e. The van der Waals surface area contributed by atoms with Crippen LogP contribution in [0.2, 0.25) is 0 Å². The van der Waals surface area contributed by atoms with Gasteiger partial charge in [-0.05, 0) is 42.5 Å². The van der Waals surface area contributed by atoms with Crippen molar-refractivity contribution in [2.24, 2.45) is 0 Å². The van der Waals surface area contributed by atoms with Gasteiger partial charge in [0.25, 0.3) is 5.91 Å². The molecule has 3 aromatic carbocycles. The molecule has 2 N–H and O–H groups in total. The third kappa shape index (κ3) is 5.35. The van der Waals surface area contributed by atoms with Crippen LogP contribution in [0, 0.1) is 13.8 Å². The number of anilines is 1. The molecule has 3 rings (SSSR count). The smallest absolute Gasteiger partial charge is 0.344 e. The number of amides is 1. The van der Waals surface area contributed by atoms with E-state index in [-0.39, 0.29) is 16.2 Å². The second-order valence-corrected chi connectivity index (χ2v) is 8.30. The summed E-state index contributed by atoms with van der Waals surface area (Å²) in [5.74, 6) is -2.15. The van der Waals surface area contributed by atoms with Gasteiger partial charge in [0.1, 0.15) is 10.7 Å². The lowest BCUT2D eigenvalue weighted by Gasteiger charge is -2.15. The monoisotopic (exact) mass is 465 g/mol. The maximum atomic E-state index is 13.1. The van der Waals surface area contributed by atoms with Gasteiger partial charge in [0.2, 0.25) is 0 Å². The quantitative estimate of drug-likeness (QED) is 0.308. The molecule has 1 amide bonds. The zero-order valence-electron chi connectivity index (χ0n) is 18.6. The number of hydrogen-bond acceptors (Lipinski definition) is 7. The molecule has 3 aromatic rings. The number of esters is 2. The summed E-state index contributed by atoms with van der Waals surface area (Å²) in [4.78, 5) is 37.6. The first-order valence-electron chi connectivity index (χ1n) is 9.94. The van der Waals surface area contributed by atoms with Crippen molar-refractivity contribution < 1.29 is 29.0 Å². The van der Waals surface area contributed by atoms with Crippen molar-refractivity contribution in [3.8, 4) is 5.75 Å². The average molecular weight is 466 g/mol. The first-order valence-corrected chi connectivity index (χ1v) is 10.8. The molecule has 0 bridgehead atoms. The van der Waals surface area contributed by atoms with Crippen LogP contribution >= 0.6 is 11.8 Å². The third-order valence-corrected chi connectivity index (χ3v) is 5.98. The molecule has 0 heterocycles. The van der Waals surface area contributed by atoms with Crippen LogP contribution in [0.1, 0.15) is 21.5 Å². The molecular weight excluding hydrogens is 442 g/mol. The van der Waals surface area contributed by atoms with Crippen molar-refractivity contribution in [2.45, 2.75) is 18.7 Å². The molecule has 0 atom stereocenters. The molecule has 0 aliphatic rings. The maximum absolute atomic E-state index is 13.1. The zero-order valence-corrected chi connectivity index (χ0v) is 19.4. The number of carbonyl (C=O) groups excluding carboxylic acids is 3. The summed E-state index contributed by atoms with van der Waals surface area (Å²) >= 11 is 0.941.